The quantitative estimate of drug-likeness (QED) is 0.194. The minimum absolute atomic E-state index is 0. The van der Waals surface area contributed by atoms with Gasteiger partial charge in [0, 0.05) is 0 Å². The topological polar surface area (TPSA) is 74.6 Å². The van der Waals surface area contributed by atoms with Crippen LogP contribution in [0, 0.1) is 5.92 Å². The first kappa shape index (κ1) is 29.5. The molecule has 0 rings (SSSR count). The van der Waals surface area contributed by atoms with Crippen molar-refractivity contribution in [2.24, 2.45) is 5.92 Å². The van der Waals surface area contributed by atoms with Gasteiger partial charge in [0.25, 0.3) is 0 Å². The van der Waals surface area contributed by atoms with E-state index in [9.17, 15) is 9.59 Å². The Morgan fingerprint density at radius 3 is 1.56 bits per heavy atom. The predicted molar refractivity (Wildman–Crippen MR) is 109 cm³/mol. The summed E-state index contributed by atoms with van der Waals surface area (Å²) in [5.74, 6) is -3.04. The van der Waals surface area contributed by atoms with Crippen LogP contribution in [0.4, 0.5) is 0 Å². The van der Waals surface area contributed by atoms with Crippen molar-refractivity contribution in [1.29, 1.82) is 0 Å². The molecule has 0 saturated heterocycles. The summed E-state index contributed by atoms with van der Waals surface area (Å²) >= 11 is 0. The van der Waals surface area contributed by atoms with Crippen LogP contribution in [-0.2, 0) is 9.59 Å². The number of hydrogen-bond acceptors (Lipinski definition) is 2. The number of carboxylic acids is 2. The Morgan fingerprint density at radius 2 is 1.19 bits per heavy atom. The minimum Gasteiger partial charge on any atom is -1.00 e. The molecule has 0 aromatic rings. The molecule has 0 radical (unpaired) electrons. The first-order valence-corrected chi connectivity index (χ1v) is 10.7. The van der Waals surface area contributed by atoms with Crippen LogP contribution in [0.15, 0.2) is 12.2 Å². The summed E-state index contributed by atoms with van der Waals surface area (Å²) in [5.41, 5.74) is 0. The summed E-state index contributed by atoms with van der Waals surface area (Å²) in [7, 11) is 0. The molecular formula is C22H41KO4. The van der Waals surface area contributed by atoms with Gasteiger partial charge in [-0.1, -0.05) is 103 Å². The van der Waals surface area contributed by atoms with Crippen LogP contribution >= 0.6 is 0 Å². The second-order valence-electron chi connectivity index (χ2n) is 7.36. The number of unbranched alkanes of at least 4 members (excludes halogenated alkanes) is 14. The van der Waals surface area contributed by atoms with Crippen LogP contribution in [0.1, 0.15) is 111 Å². The Hall–Kier alpha value is 0.316. The number of aliphatic carboxylic acids is 2. The number of carbonyl (C=O) groups is 2. The van der Waals surface area contributed by atoms with Crippen molar-refractivity contribution in [1.82, 2.24) is 0 Å². The molecule has 154 valence electrons. The smallest absolute Gasteiger partial charge is 1.00 e. The Labute approximate surface area is 210 Å². The zero-order chi connectivity index (χ0) is 19.5. The van der Waals surface area contributed by atoms with E-state index in [0.29, 0.717) is 0 Å². The molecule has 0 aromatic heterocycles. The zero-order valence-corrected chi connectivity index (χ0v) is 20.9. The van der Waals surface area contributed by atoms with E-state index in [4.69, 9.17) is 10.2 Å². The molecule has 1 atom stereocenters. The van der Waals surface area contributed by atoms with E-state index in [1.165, 1.54) is 89.5 Å². The molecule has 0 amide bonds. The first-order valence-electron chi connectivity index (χ1n) is 10.7. The van der Waals surface area contributed by atoms with Crippen LogP contribution in [0.3, 0.4) is 0 Å². The summed E-state index contributed by atoms with van der Waals surface area (Å²) < 4.78 is 0. The van der Waals surface area contributed by atoms with E-state index in [-0.39, 0.29) is 59.2 Å². The van der Waals surface area contributed by atoms with E-state index in [0.717, 1.165) is 12.8 Å². The van der Waals surface area contributed by atoms with Crippen LogP contribution in [0.25, 0.3) is 0 Å². The van der Waals surface area contributed by atoms with Gasteiger partial charge in [0.05, 0.1) is 12.3 Å². The summed E-state index contributed by atoms with van der Waals surface area (Å²) in [5, 5.41) is 17.6. The zero-order valence-electron chi connectivity index (χ0n) is 18.8. The maximum atomic E-state index is 10.9. The first-order chi connectivity index (χ1) is 12.6. The summed E-state index contributed by atoms with van der Waals surface area (Å²) in [4.78, 5) is 21.5. The van der Waals surface area contributed by atoms with Gasteiger partial charge >= 0.3 is 63.3 Å². The van der Waals surface area contributed by atoms with E-state index in [2.05, 4.69) is 6.92 Å². The van der Waals surface area contributed by atoms with Gasteiger partial charge in [-0.2, -0.15) is 0 Å². The van der Waals surface area contributed by atoms with Crippen LogP contribution < -0.4 is 51.4 Å². The van der Waals surface area contributed by atoms with E-state index in [1.54, 1.807) is 0 Å². The van der Waals surface area contributed by atoms with Gasteiger partial charge in [-0.05, 0) is 12.8 Å². The van der Waals surface area contributed by atoms with Crippen LogP contribution in [0.2, 0.25) is 0 Å². The van der Waals surface area contributed by atoms with Gasteiger partial charge in [-0.3, -0.25) is 9.59 Å². The SMILES string of the molecule is CCCCCCCCCCCCCCCCC=CC(CC(=O)O)C(=O)O.[H-].[K+]. The molecule has 0 bridgehead atoms. The van der Waals surface area contributed by atoms with E-state index >= 15 is 0 Å². The fourth-order valence-electron chi connectivity index (χ4n) is 3.14. The van der Waals surface area contributed by atoms with Crippen molar-refractivity contribution in [2.75, 3.05) is 0 Å². The molecule has 0 aliphatic carbocycles. The molecule has 0 spiro atoms. The predicted octanol–water partition coefficient (Wildman–Crippen LogP) is 3.71. The molecule has 0 saturated carbocycles. The molecular weight excluding hydrogens is 367 g/mol. The summed E-state index contributed by atoms with van der Waals surface area (Å²) in [6.07, 6.45) is 22.3. The monoisotopic (exact) mass is 408 g/mol. The van der Waals surface area contributed by atoms with Crippen LogP contribution in [-0.4, -0.2) is 22.2 Å². The Bertz CT molecular complexity index is 389. The number of rotatable bonds is 19. The average molecular weight is 409 g/mol. The second kappa shape index (κ2) is 22.6. The molecule has 0 aliphatic rings. The van der Waals surface area contributed by atoms with Gasteiger partial charge < -0.3 is 11.6 Å². The van der Waals surface area contributed by atoms with Gasteiger partial charge in [0.1, 0.15) is 0 Å². The third kappa shape index (κ3) is 22.5. The molecule has 5 heteroatoms. The molecule has 4 nitrogen and oxygen atoms in total. The van der Waals surface area contributed by atoms with Gasteiger partial charge in [0.2, 0.25) is 0 Å². The van der Waals surface area contributed by atoms with Crippen molar-refractivity contribution >= 4 is 11.9 Å². The van der Waals surface area contributed by atoms with E-state index in [1.807, 2.05) is 6.08 Å². The van der Waals surface area contributed by atoms with Crippen molar-refractivity contribution in [3.63, 3.8) is 0 Å². The molecule has 0 fully saturated rings. The van der Waals surface area contributed by atoms with Gasteiger partial charge in [-0.25, -0.2) is 0 Å². The molecule has 2 N–H and O–H groups in total. The molecule has 27 heavy (non-hydrogen) atoms. The van der Waals surface area contributed by atoms with Crippen molar-refractivity contribution in [3.8, 4) is 0 Å². The molecule has 1 unspecified atom stereocenters. The van der Waals surface area contributed by atoms with Gasteiger partial charge in [-0.15, -0.1) is 0 Å². The molecule has 0 aromatic carbocycles. The van der Waals surface area contributed by atoms with Crippen molar-refractivity contribution < 1.29 is 72.6 Å². The normalized spacial score (nSPS) is 12.0. The van der Waals surface area contributed by atoms with Gasteiger partial charge in [0.15, 0.2) is 0 Å². The Morgan fingerprint density at radius 1 is 0.778 bits per heavy atom. The third-order valence-electron chi connectivity index (χ3n) is 4.80. The Balaban J connectivity index is -0.00000312. The Kier molecular flexibility index (Phi) is 24.7. The average Bonchev–Trinajstić information content (AvgIpc) is 2.59. The maximum absolute atomic E-state index is 10.9. The summed E-state index contributed by atoms with van der Waals surface area (Å²) in [6.45, 7) is 2.26. The standard InChI is InChI=1S/C22H40O4.K.H/c1-2-3-4-5-6-7-8-9-10-11-12-13-14-15-16-17-18-20(22(25)26)19-21(23)24;;/h17-18,20H,2-16,19H2,1H3,(H,23,24)(H,25,26);;/q;+1;-1. The fourth-order valence-corrected chi connectivity index (χ4v) is 3.14. The summed E-state index contributed by atoms with van der Waals surface area (Å²) in [6, 6.07) is 0. The van der Waals surface area contributed by atoms with Crippen LogP contribution in [0.5, 0.6) is 0 Å². The van der Waals surface area contributed by atoms with Crippen molar-refractivity contribution in [3.05, 3.63) is 12.2 Å². The second-order valence-corrected chi connectivity index (χ2v) is 7.36. The number of allylic oxidation sites excluding steroid dienone is 1. The maximum Gasteiger partial charge on any atom is 1.00 e. The minimum atomic E-state index is -1.07. The largest absolute Gasteiger partial charge is 1.00 e. The number of hydrogen-bond donors (Lipinski definition) is 2. The fraction of sp³-hybridized carbons (Fsp3) is 0.818. The van der Waals surface area contributed by atoms with Crippen molar-refractivity contribution in [2.45, 2.75) is 110 Å². The molecule has 0 aliphatic heterocycles. The molecule has 0 heterocycles. The third-order valence-corrected chi connectivity index (χ3v) is 4.80. The number of carboxylic acid groups (broad SMARTS) is 2. The van der Waals surface area contributed by atoms with E-state index < -0.39 is 17.9 Å².